The molecule has 0 spiro atoms. The van der Waals surface area contributed by atoms with Crippen LogP contribution in [0.15, 0.2) is 23.6 Å². The highest BCUT2D eigenvalue weighted by Crippen LogP contribution is 2.35. The van der Waals surface area contributed by atoms with E-state index in [1.165, 1.54) is 11.3 Å². The Labute approximate surface area is 122 Å². The number of rotatable bonds is 4. The summed E-state index contributed by atoms with van der Waals surface area (Å²) in [5.74, 6) is -0.135. The number of nitrogens with zero attached hydrogens (tertiary/aromatic N) is 1. The van der Waals surface area contributed by atoms with E-state index in [0.29, 0.717) is 5.69 Å². The van der Waals surface area contributed by atoms with Gasteiger partial charge in [0, 0.05) is 5.38 Å². The molecule has 1 heterocycles. The normalized spacial score (nSPS) is 11.4. The van der Waals surface area contributed by atoms with Crippen LogP contribution in [0.2, 0.25) is 0 Å². The number of carboxylic acids is 1. The quantitative estimate of drug-likeness (QED) is 0.936. The van der Waals surface area contributed by atoms with E-state index in [1.54, 1.807) is 26.3 Å². The zero-order valence-corrected chi connectivity index (χ0v) is 12.7. The number of benzene rings is 1. The summed E-state index contributed by atoms with van der Waals surface area (Å²) in [6.07, 6.45) is 0. The summed E-state index contributed by atoms with van der Waals surface area (Å²) in [7, 11) is 1.62. The van der Waals surface area contributed by atoms with E-state index in [0.717, 1.165) is 21.9 Å². The number of aryl methyl sites for hydroxylation is 1. The molecule has 2 rings (SSSR count). The standard InChI is InChI=1S/C15H17NO3S/c1-9-5-6-10(11(7-9)19-4)13-16-12(8-20-13)15(2,3)14(17)18/h5-8H,1-4H3,(H,17,18). The molecular weight excluding hydrogens is 274 g/mol. The summed E-state index contributed by atoms with van der Waals surface area (Å²) in [4.78, 5) is 15.7. The molecule has 0 amide bonds. The lowest BCUT2D eigenvalue weighted by molar-refractivity contribution is -0.142. The average Bonchev–Trinajstić information content (AvgIpc) is 2.88. The summed E-state index contributed by atoms with van der Waals surface area (Å²) >= 11 is 1.43. The van der Waals surface area contributed by atoms with Crippen molar-refractivity contribution in [2.75, 3.05) is 7.11 Å². The predicted molar refractivity (Wildman–Crippen MR) is 79.5 cm³/mol. The molecule has 0 atom stereocenters. The third-order valence-corrected chi connectivity index (χ3v) is 4.14. The molecule has 0 radical (unpaired) electrons. The highest BCUT2D eigenvalue weighted by molar-refractivity contribution is 7.13. The van der Waals surface area contributed by atoms with E-state index in [4.69, 9.17) is 4.74 Å². The number of hydrogen-bond donors (Lipinski definition) is 1. The molecule has 0 saturated heterocycles. The summed E-state index contributed by atoms with van der Waals surface area (Å²) < 4.78 is 5.37. The molecule has 0 bridgehead atoms. The maximum absolute atomic E-state index is 11.3. The second-order valence-electron chi connectivity index (χ2n) is 5.17. The van der Waals surface area contributed by atoms with Gasteiger partial charge in [-0.1, -0.05) is 6.07 Å². The molecule has 0 unspecified atom stereocenters. The minimum Gasteiger partial charge on any atom is -0.496 e. The molecule has 5 heteroatoms. The highest BCUT2D eigenvalue weighted by atomic mass is 32.1. The second-order valence-corrected chi connectivity index (χ2v) is 6.03. The van der Waals surface area contributed by atoms with Gasteiger partial charge in [0.25, 0.3) is 0 Å². The Morgan fingerprint density at radius 2 is 2.10 bits per heavy atom. The fourth-order valence-electron chi connectivity index (χ4n) is 1.77. The smallest absolute Gasteiger partial charge is 0.315 e. The van der Waals surface area contributed by atoms with Gasteiger partial charge in [0.2, 0.25) is 0 Å². The van der Waals surface area contributed by atoms with Crippen molar-refractivity contribution in [1.29, 1.82) is 0 Å². The number of aromatic nitrogens is 1. The molecule has 0 fully saturated rings. The van der Waals surface area contributed by atoms with Crippen molar-refractivity contribution in [2.24, 2.45) is 0 Å². The van der Waals surface area contributed by atoms with Crippen molar-refractivity contribution in [2.45, 2.75) is 26.2 Å². The maximum Gasteiger partial charge on any atom is 0.315 e. The van der Waals surface area contributed by atoms with Gasteiger partial charge in [-0.25, -0.2) is 4.98 Å². The second kappa shape index (κ2) is 5.25. The van der Waals surface area contributed by atoms with E-state index in [2.05, 4.69) is 4.98 Å². The van der Waals surface area contributed by atoms with Crippen molar-refractivity contribution >= 4 is 17.3 Å². The van der Waals surface area contributed by atoms with Crippen LogP contribution in [0.25, 0.3) is 10.6 Å². The SMILES string of the molecule is COc1cc(C)ccc1-c1nc(C(C)(C)C(=O)O)cs1. The topological polar surface area (TPSA) is 59.4 Å². The van der Waals surface area contributed by atoms with Gasteiger partial charge in [0.05, 0.1) is 18.4 Å². The van der Waals surface area contributed by atoms with Crippen LogP contribution in [0.4, 0.5) is 0 Å². The fraction of sp³-hybridized carbons (Fsp3) is 0.333. The lowest BCUT2D eigenvalue weighted by atomic mass is 9.90. The largest absolute Gasteiger partial charge is 0.496 e. The minimum atomic E-state index is -0.993. The van der Waals surface area contributed by atoms with Gasteiger partial charge in [-0.15, -0.1) is 11.3 Å². The van der Waals surface area contributed by atoms with Gasteiger partial charge < -0.3 is 9.84 Å². The molecular formula is C15H17NO3S. The van der Waals surface area contributed by atoms with Crippen LogP contribution >= 0.6 is 11.3 Å². The molecule has 2 aromatic rings. The van der Waals surface area contributed by atoms with E-state index in [9.17, 15) is 9.90 Å². The first-order valence-corrected chi connectivity index (χ1v) is 7.08. The molecule has 0 aliphatic heterocycles. The van der Waals surface area contributed by atoms with Crippen molar-refractivity contribution in [1.82, 2.24) is 4.98 Å². The Kier molecular flexibility index (Phi) is 3.81. The maximum atomic E-state index is 11.3. The lowest BCUT2D eigenvalue weighted by Crippen LogP contribution is -2.28. The van der Waals surface area contributed by atoms with E-state index < -0.39 is 11.4 Å². The summed E-state index contributed by atoms with van der Waals surface area (Å²) in [5.41, 5.74) is 1.56. The number of methoxy groups -OCH3 is 1. The van der Waals surface area contributed by atoms with Crippen molar-refractivity contribution in [3.63, 3.8) is 0 Å². The Bertz CT molecular complexity index is 646. The monoisotopic (exact) mass is 291 g/mol. The van der Waals surface area contributed by atoms with Crippen LogP contribution < -0.4 is 4.74 Å². The van der Waals surface area contributed by atoms with Crippen molar-refractivity contribution in [3.05, 3.63) is 34.8 Å². The van der Waals surface area contributed by atoms with Crippen LogP contribution in [0, 0.1) is 6.92 Å². The van der Waals surface area contributed by atoms with Crippen molar-refractivity contribution in [3.8, 4) is 16.3 Å². The minimum absolute atomic E-state index is 0.563. The molecule has 0 aliphatic rings. The number of carbonyl (C=O) groups is 1. The van der Waals surface area contributed by atoms with Gasteiger partial charge >= 0.3 is 5.97 Å². The van der Waals surface area contributed by atoms with Gasteiger partial charge in [0.15, 0.2) is 0 Å². The number of carboxylic acid groups (broad SMARTS) is 1. The summed E-state index contributed by atoms with van der Waals surface area (Å²) in [6.45, 7) is 5.30. The lowest BCUT2D eigenvalue weighted by Gasteiger charge is -2.15. The zero-order chi connectivity index (χ0) is 14.9. The van der Waals surface area contributed by atoms with E-state index >= 15 is 0 Å². The first-order chi connectivity index (χ1) is 9.36. The zero-order valence-electron chi connectivity index (χ0n) is 11.9. The molecule has 0 saturated carbocycles. The molecule has 106 valence electrons. The summed E-state index contributed by atoms with van der Waals surface area (Å²) in [5, 5.41) is 11.8. The van der Waals surface area contributed by atoms with E-state index in [1.807, 2.05) is 25.1 Å². The molecule has 20 heavy (non-hydrogen) atoms. The first-order valence-electron chi connectivity index (χ1n) is 6.20. The number of aliphatic carboxylic acids is 1. The fourth-order valence-corrected chi connectivity index (χ4v) is 2.79. The third-order valence-electron chi connectivity index (χ3n) is 3.27. The summed E-state index contributed by atoms with van der Waals surface area (Å²) in [6, 6.07) is 5.88. The third kappa shape index (κ3) is 2.54. The van der Waals surface area contributed by atoms with Crippen LogP contribution in [0.5, 0.6) is 5.75 Å². The molecule has 0 aliphatic carbocycles. The molecule has 4 nitrogen and oxygen atoms in total. The van der Waals surface area contributed by atoms with Crippen LogP contribution in [-0.2, 0) is 10.2 Å². The van der Waals surface area contributed by atoms with Gasteiger partial charge in [-0.3, -0.25) is 4.79 Å². The van der Waals surface area contributed by atoms with Gasteiger partial charge in [0.1, 0.15) is 16.2 Å². The Hall–Kier alpha value is -1.88. The molecule has 1 aromatic carbocycles. The van der Waals surface area contributed by atoms with Crippen LogP contribution in [0.1, 0.15) is 25.1 Å². The van der Waals surface area contributed by atoms with Gasteiger partial charge in [-0.2, -0.15) is 0 Å². The Balaban J connectivity index is 2.46. The van der Waals surface area contributed by atoms with Gasteiger partial charge in [-0.05, 0) is 38.5 Å². The van der Waals surface area contributed by atoms with Crippen molar-refractivity contribution < 1.29 is 14.6 Å². The Morgan fingerprint density at radius 3 is 2.70 bits per heavy atom. The number of hydrogen-bond acceptors (Lipinski definition) is 4. The van der Waals surface area contributed by atoms with E-state index in [-0.39, 0.29) is 0 Å². The molecule has 1 aromatic heterocycles. The highest BCUT2D eigenvalue weighted by Gasteiger charge is 2.32. The van der Waals surface area contributed by atoms with Crippen LogP contribution in [0.3, 0.4) is 0 Å². The number of thiazole rings is 1. The van der Waals surface area contributed by atoms with Crippen LogP contribution in [-0.4, -0.2) is 23.2 Å². The number of ether oxygens (including phenoxy) is 1. The first kappa shape index (κ1) is 14.5. The average molecular weight is 291 g/mol. The Morgan fingerprint density at radius 1 is 1.40 bits per heavy atom. The molecule has 1 N–H and O–H groups in total. The predicted octanol–water partition coefficient (Wildman–Crippen LogP) is 3.49.